The average molecular weight is 400 g/mol. The maximum atomic E-state index is 13.7. The summed E-state index contributed by atoms with van der Waals surface area (Å²) in [6.07, 6.45) is 1.28. The molecule has 2 aliphatic rings. The molecule has 8 heteroatoms. The largest absolute Gasteiger partial charge is 0.337 e. The number of halogens is 1. The second-order valence-electron chi connectivity index (χ2n) is 7.66. The number of alkyl halides is 1. The van der Waals surface area contributed by atoms with Crippen LogP contribution >= 0.6 is 0 Å². The molecule has 0 radical (unpaired) electrons. The van der Waals surface area contributed by atoms with Crippen molar-refractivity contribution in [1.82, 2.24) is 15.7 Å². The molecule has 0 bridgehead atoms. The standard InChI is InChI=1S/C21H25FN4O3/c1-12-7-15(8-13(2)18(12)10-23)14-3-5-26(6-4-14)21(28)19-17(20(27)25-29)9-16(22)11-24-19/h3,7-8,16-17,19,24,29H,4-6,9,11H2,1-2H3,(H,25,27)/t16-,17+,19+/m1/s1. The third-order valence-corrected chi connectivity index (χ3v) is 5.72. The summed E-state index contributed by atoms with van der Waals surface area (Å²) in [6, 6.07) is 5.33. The Morgan fingerprint density at radius 1 is 1.34 bits per heavy atom. The van der Waals surface area contributed by atoms with E-state index < -0.39 is 24.0 Å². The number of nitrogens with one attached hydrogen (secondary N) is 2. The van der Waals surface area contributed by atoms with Gasteiger partial charge in [-0.05, 0) is 49.0 Å². The normalized spacial score (nSPS) is 24.4. The van der Waals surface area contributed by atoms with E-state index in [0.717, 1.165) is 22.3 Å². The number of aryl methyl sites for hydroxylation is 2. The maximum Gasteiger partial charge on any atom is 0.248 e. The molecule has 0 saturated carbocycles. The van der Waals surface area contributed by atoms with Gasteiger partial charge in [-0.15, -0.1) is 0 Å². The number of carbonyl (C=O) groups is 2. The Bertz CT molecular complexity index is 869. The van der Waals surface area contributed by atoms with Crippen molar-refractivity contribution in [2.75, 3.05) is 19.6 Å². The number of carbonyl (C=O) groups excluding carboxylic acids is 2. The number of benzene rings is 1. The van der Waals surface area contributed by atoms with Crippen molar-refractivity contribution in [2.24, 2.45) is 5.92 Å². The second-order valence-corrected chi connectivity index (χ2v) is 7.66. The van der Waals surface area contributed by atoms with Crippen molar-refractivity contribution >= 4 is 17.4 Å². The second kappa shape index (κ2) is 8.72. The van der Waals surface area contributed by atoms with Crippen molar-refractivity contribution in [3.8, 4) is 6.07 Å². The third kappa shape index (κ3) is 4.31. The highest BCUT2D eigenvalue weighted by Crippen LogP contribution is 2.28. The highest BCUT2D eigenvalue weighted by Gasteiger charge is 2.41. The number of piperidine rings is 1. The van der Waals surface area contributed by atoms with Crippen LogP contribution in [0, 0.1) is 31.1 Å². The molecule has 7 nitrogen and oxygen atoms in total. The van der Waals surface area contributed by atoms with Gasteiger partial charge in [0.25, 0.3) is 0 Å². The SMILES string of the molecule is Cc1cc(C2=CCN(C(=O)[C@H]3NC[C@H](F)C[C@@H]3C(=O)NO)CC2)cc(C)c1C#N. The molecule has 1 aromatic rings. The van der Waals surface area contributed by atoms with E-state index in [1.54, 1.807) is 10.4 Å². The van der Waals surface area contributed by atoms with Crippen LogP contribution in [0.4, 0.5) is 4.39 Å². The van der Waals surface area contributed by atoms with E-state index in [2.05, 4.69) is 11.4 Å². The summed E-state index contributed by atoms with van der Waals surface area (Å²) in [5, 5.41) is 21.0. The van der Waals surface area contributed by atoms with Gasteiger partial charge in [0, 0.05) is 19.6 Å². The lowest BCUT2D eigenvalue weighted by Gasteiger charge is -2.36. The molecule has 1 fully saturated rings. The molecule has 2 aliphatic heterocycles. The summed E-state index contributed by atoms with van der Waals surface area (Å²) in [7, 11) is 0. The Morgan fingerprint density at radius 2 is 2.03 bits per heavy atom. The zero-order valence-electron chi connectivity index (χ0n) is 16.5. The van der Waals surface area contributed by atoms with Gasteiger partial charge in [0.1, 0.15) is 6.17 Å². The number of amides is 2. The summed E-state index contributed by atoms with van der Waals surface area (Å²) in [5.74, 6) is -1.98. The van der Waals surface area contributed by atoms with Gasteiger partial charge >= 0.3 is 0 Å². The zero-order valence-corrected chi connectivity index (χ0v) is 16.5. The molecule has 2 heterocycles. The first-order valence-corrected chi connectivity index (χ1v) is 9.66. The van der Waals surface area contributed by atoms with E-state index in [0.29, 0.717) is 25.1 Å². The Labute approximate surface area is 169 Å². The molecule has 1 saturated heterocycles. The summed E-state index contributed by atoms with van der Waals surface area (Å²) < 4.78 is 13.7. The van der Waals surface area contributed by atoms with E-state index in [1.165, 1.54) is 0 Å². The van der Waals surface area contributed by atoms with Gasteiger partial charge in [-0.2, -0.15) is 5.26 Å². The summed E-state index contributed by atoms with van der Waals surface area (Å²) in [4.78, 5) is 26.5. The van der Waals surface area contributed by atoms with Gasteiger partial charge in [-0.25, -0.2) is 9.87 Å². The lowest BCUT2D eigenvalue weighted by atomic mass is 9.87. The first-order chi connectivity index (χ1) is 13.8. The van der Waals surface area contributed by atoms with Crippen LogP contribution in [0.25, 0.3) is 5.57 Å². The molecule has 2 amide bonds. The van der Waals surface area contributed by atoms with Crippen LogP contribution in [0.3, 0.4) is 0 Å². The molecule has 0 unspecified atom stereocenters. The molecular formula is C21H25FN4O3. The van der Waals surface area contributed by atoms with Gasteiger partial charge < -0.3 is 10.2 Å². The van der Waals surface area contributed by atoms with Crippen LogP contribution in [0.15, 0.2) is 18.2 Å². The third-order valence-electron chi connectivity index (χ3n) is 5.72. The fraction of sp³-hybridized carbons (Fsp3) is 0.476. The summed E-state index contributed by atoms with van der Waals surface area (Å²) in [5.41, 5.74) is 6.22. The topological polar surface area (TPSA) is 105 Å². The molecule has 3 rings (SSSR count). The quantitative estimate of drug-likeness (QED) is 0.528. The lowest BCUT2D eigenvalue weighted by molar-refractivity contribution is -0.144. The fourth-order valence-electron chi connectivity index (χ4n) is 4.15. The molecule has 154 valence electrons. The van der Waals surface area contributed by atoms with Crippen molar-refractivity contribution in [3.63, 3.8) is 0 Å². The maximum absolute atomic E-state index is 13.7. The Morgan fingerprint density at radius 3 is 2.59 bits per heavy atom. The molecule has 0 spiro atoms. The van der Waals surface area contributed by atoms with Crippen molar-refractivity contribution in [3.05, 3.63) is 40.5 Å². The number of rotatable bonds is 3. The molecule has 0 aliphatic carbocycles. The molecule has 3 atom stereocenters. The van der Waals surface area contributed by atoms with E-state index in [9.17, 15) is 19.2 Å². The smallest absolute Gasteiger partial charge is 0.248 e. The number of hydrogen-bond acceptors (Lipinski definition) is 5. The van der Waals surface area contributed by atoms with Crippen LogP contribution in [0.1, 0.15) is 35.1 Å². The average Bonchev–Trinajstić information content (AvgIpc) is 2.72. The molecule has 1 aromatic carbocycles. The predicted molar refractivity (Wildman–Crippen MR) is 105 cm³/mol. The minimum atomic E-state index is -1.24. The van der Waals surface area contributed by atoms with E-state index in [1.807, 2.05) is 32.1 Å². The van der Waals surface area contributed by atoms with Crippen LogP contribution in [-0.2, 0) is 9.59 Å². The molecule has 29 heavy (non-hydrogen) atoms. The number of hydrogen-bond donors (Lipinski definition) is 3. The fourth-order valence-corrected chi connectivity index (χ4v) is 4.15. The van der Waals surface area contributed by atoms with E-state index in [-0.39, 0.29) is 18.9 Å². The Balaban J connectivity index is 1.74. The van der Waals surface area contributed by atoms with Crippen molar-refractivity contribution in [1.29, 1.82) is 5.26 Å². The van der Waals surface area contributed by atoms with E-state index >= 15 is 0 Å². The van der Waals surface area contributed by atoms with Crippen LogP contribution < -0.4 is 10.8 Å². The first-order valence-electron chi connectivity index (χ1n) is 9.66. The van der Waals surface area contributed by atoms with Gasteiger partial charge in [-0.1, -0.05) is 18.2 Å². The highest BCUT2D eigenvalue weighted by molar-refractivity contribution is 5.90. The van der Waals surface area contributed by atoms with Gasteiger partial charge in [0.15, 0.2) is 0 Å². The summed E-state index contributed by atoms with van der Waals surface area (Å²) in [6.45, 7) is 4.69. The van der Waals surface area contributed by atoms with Crippen LogP contribution in [-0.4, -0.2) is 53.8 Å². The van der Waals surface area contributed by atoms with Gasteiger partial charge in [0.2, 0.25) is 11.8 Å². The van der Waals surface area contributed by atoms with Crippen LogP contribution in [0.5, 0.6) is 0 Å². The molecule has 0 aromatic heterocycles. The molecule has 3 N–H and O–H groups in total. The zero-order chi connectivity index (χ0) is 21.1. The monoisotopic (exact) mass is 400 g/mol. The van der Waals surface area contributed by atoms with Crippen molar-refractivity contribution in [2.45, 2.75) is 38.9 Å². The first kappa shape index (κ1) is 21.0. The van der Waals surface area contributed by atoms with Gasteiger partial charge in [-0.3, -0.25) is 14.8 Å². The highest BCUT2D eigenvalue weighted by atomic mass is 19.1. The molecular weight excluding hydrogens is 375 g/mol. The number of hydroxylamine groups is 1. The number of nitriles is 1. The minimum absolute atomic E-state index is 0.00431. The lowest BCUT2D eigenvalue weighted by Crippen LogP contribution is -2.59. The van der Waals surface area contributed by atoms with E-state index in [4.69, 9.17) is 5.21 Å². The van der Waals surface area contributed by atoms with Crippen LogP contribution in [0.2, 0.25) is 0 Å². The minimum Gasteiger partial charge on any atom is -0.337 e. The van der Waals surface area contributed by atoms with Crippen molar-refractivity contribution < 1.29 is 19.2 Å². The van der Waals surface area contributed by atoms with Gasteiger partial charge in [0.05, 0.1) is 23.6 Å². The number of nitrogens with zero attached hydrogens (tertiary/aromatic N) is 2. The Hall–Kier alpha value is -2.76. The predicted octanol–water partition coefficient (Wildman–Crippen LogP) is 1.61. The Kier molecular flexibility index (Phi) is 6.30. The summed E-state index contributed by atoms with van der Waals surface area (Å²) >= 11 is 0.